The summed E-state index contributed by atoms with van der Waals surface area (Å²) >= 11 is 1.19. The van der Waals surface area contributed by atoms with Gasteiger partial charge in [-0.3, -0.25) is 19.3 Å². The van der Waals surface area contributed by atoms with Crippen molar-refractivity contribution in [3.8, 4) is 0 Å². The van der Waals surface area contributed by atoms with Crippen LogP contribution in [0.15, 0.2) is 39.2 Å². The van der Waals surface area contributed by atoms with Crippen LogP contribution in [0.2, 0.25) is 0 Å². The Bertz CT molecular complexity index is 898. The molecule has 2 atom stereocenters. The van der Waals surface area contributed by atoms with E-state index in [-0.39, 0.29) is 58.9 Å². The molecule has 2 amide bonds. The Labute approximate surface area is 190 Å². The zero-order valence-corrected chi connectivity index (χ0v) is 18.2. The van der Waals surface area contributed by atoms with Crippen LogP contribution in [0.3, 0.4) is 0 Å². The molecular formula is C16H14N3NaO8S. The quantitative estimate of drug-likeness (QED) is 0.113. The number of aliphatic carboxylic acids is 1. The smallest absolute Gasteiger partial charge is 0.543 e. The molecule has 2 aliphatic heterocycles. The Balaban J connectivity index is 0.00000300. The summed E-state index contributed by atoms with van der Waals surface area (Å²) in [4.78, 5) is 48.2. The van der Waals surface area contributed by atoms with Crippen LogP contribution in [-0.2, 0) is 23.9 Å². The third kappa shape index (κ3) is 4.50. The molecule has 0 bridgehead atoms. The van der Waals surface area contributed by atoms with Gasteiger partial charge in [-0.15, -0.1) is 11.8 Å². The minimum absolute atomic E-state index is 0. The summed E-state index contributed by atoms with van der Waals surface area (Å²) in [6, 6.07) is 1.86. The number of carbonyl (C=O) groups is 4. The number of fused-ring (bicyclic) bond motifs is 1. The van der Waals surface area contributed by atoms with E-state index in [4.69, 9.17) is 14.4 Å². The molecule has 1 aromatic heterocycles. The van der Waals surface area contributed by atoms with Gasteiger partial charge in [-0.05, 0) is 12.1 Å². The number of nitrogens with zero attached hydrogens (tertiary/aromatic N) is 2. The van der Waals surface area contributed by atoms with Gasteiger partial charge in [0.2, 0.25) is 5.71 Å². The third-order valence-electron chi connectivity index (χ3n) is 4.05. The number of β-lactam (4-membered cyclic amide) rings is 1. The molecule has 2 aliphatic rings. The standard InChI is InChI=1S/C16H15N3O8S.Na/c1-7(20)27-5-8-6-28-15-11(14(22)19(15)12(8)16(23)24)17-13(21)10(18-25)9-3-2-4-26-9;/h2-4,11,15,25H,5-6H2,1H3,(H,17,21)(H,23,24);/q;+1/p-1/b18-10+;/t11-,15-;/m1./s1. The molecule has 1 aromatic rings. The number of carboxylic acid groups (broad SMARTS) is 1. The molecular weight excluding hydrogens is 417 g/mol. The molecule has 13 heteroatoms. The van der Waals surface area contributed by atoms with Crippen LogP contribution in [0.1, 0.15) is 12.7 Å². The van der Waals surface area contributed by atoms with Crippen LogP contribution in [0.25, 0.3) is 0 Å². The molecule has 0 radical (unpaired) electrons. The second-order valence-electron chi connectivity index (χ2n) is 5.81. The van der Waals surface area contributed by atoms with E-state index in [9.17, 15) is 24.3 Å². The van der Waals surface area contributed by atoms with Crippen molar-refractivity contribution >= 4 is 41.2 Å². The van der Waals surface area contributed by atoms with Gasteiger partial charge in [0.25, 0.3) is 11.8 Å². The zero-order chi connectivity index (χ0) is 20.4. The summed E-state index contributed by atoms with van der Waals surface area (Å²) < 4.78 is 9.82. The van der Waals surface area contributed by atoms with Gasteiger partial charge in [0.15, 0.2) is 5.76 Å². The Morgan fingerprint density at radius 3 is 2.76 bits per heavy atom. The number of carbonyl (C=O) groups excluding carboxylic acids is 4. The maximum absolute atomic E-state index is 12.5. The Morgan fingerprint density at radius 1 is 1.48 bits per heavy atom. The first-order valence-corrected chi connectivity index (χ1v) is 8.98. The van der Waals surface area contributed by atoms with Gasteiger partial charge in [0.1, 0.15) is 18.0 Å². The van der Waals surface area contributed by atoms with E-state index in [0.717, 1.165) is 4.90 Å². The third-order valence-corrected chi connectivity index (χ3v) is 5.39. The van der Waals surface area contributed by atoms with E-state index in [2.05, 4.69) is 10.5 Å². The topological polar surface area (TPSA) is 162 Å². The zero-order valence-electron chi connectivity index (χ0n) is 15.4. The van der Waals surface area contributed by atoms with Crippen LogP contribution < -0.4 is 40.0 Å². The summed E-state index contributed by atoms with van der Waals surface area (Å²) in [5.74, 6) is -3.55. The van der Waals surface area contributed by atoms with E-state index in [1.54, 1.807) is 0 Å². The van der Waals surface area contributed by atoms with Gasteiger partial charge < -0.3 is 29.6 Å². The molecule has 3 heterocycles. The van der Waals surface area contributed by atoms with Gasteiger partial charge in [0.05, 0.1) is 17.9 Å². The molecule has 0 spiro atoms. The summed E-state index contributed by atoms with van der Waals surface area (Å²) in [6.45, 7) is 0.899. The number of carboxylic acids is 1. The first-order valence-electron chi connectivity index (χ1n) is 7.93. The van der Waals surface area contributed by atoms with Crippen molar-refractivity contribution in [3.63, 3.8) is 0 Å². The molecule has 29 heavy (non-hydrogen) atoms. The Morgan fingerprint density at radius 2 is 2.21 bits per heavy atom. The Hall–Kier alpha value is -2.28. The summed E-state index contributed by atoms with van der Waals surface area (Å²) in [5, 5.41) is 25.2. The van der Waals surface area contributed by atoms with E-state index >= 15 is 0 Å². The molecule has 11 nitrogen and oxygen atoms in total. The van der Waals surface area contributed by atoms with E-state index in [1.165, 1.54) is 37.1 Å². The molecule has 0 unspecified atom stereocenters. The number of furan rings is 1. The van der Waals surface area contributed by atoms with E-state index < -0.39 is 40.9 Å². The summed E-state index contributed by atoms with van der Waals surface area (Å²) in [6.07, 6.45) is 1.28. The molecule has 0 aromatic carbocycles. The van der Waals surface area contributed by atoms with Crippen LogP contribution in [0.5, 0.6) is 0 Å². The summed E-state index contributed by atoms with van der Waals surface area (Å²) in [7, 11) is 0. The number of hydrogen-bond donors (Lipinski definition) is 2. The van der Waals surface area contributed by atoms with Crippen molar-refractivity contribution in [1.82, 2.24) is 10.2 Å². The van der Waals surface area contributed by atoms with Gasteiger partial charge in [-0.1, -0.05) is 5.16 Å². The number of hydrogen-bond acceptors (Lipinski definition) is 10. The second-order valence-corrected chi connectivity index (χ2v) is 6.91. The minimum Gasteiger partial charge on any atom is -0.543 e. The number of nitrogens with one attached hydrogen (secondary N) is 1. The fourth-order valence-corrected chi connectivity index (χ4v) is 4.13. The fraction of sp³-hybridized carbons (Fsp3) is 0.312. The number of esters is 1. The molecule has 1 fully saturated rings. The van der Waals surface area contributed by atoms with Crippen molar-refractivity contribution in [3.05, 3.63) is 35.4 Å². The predicted octanol–water partition coefficient (Wildman–Crippen LogP) is -4.57. The SMILES string of the molecule is CC(=O)OCC1=C(C(=O)[O-])N2C(=O)[C@@H](NC(=O)/C(=N/O)c3ccco3)[C@H]2SC1.[Na+]. The number of rotatable bonds is 6. The normalized spacial score (nSPS) is 20.9. The van der Waals surface area contributed by atoms with Crippen molar-refractivity contribution < 1.29 is 68.2 Å². The number of ether oxygens (including phenoxy) is 1. The van der Waals surface area contributed by atoms with Crippen LogP contribution >= 0.6 is 11.8 Å². The monoisotopic (exact) mass is 431 g/mol. The molecule has 0 aliphatic carbocycles. The fourth-order valence-electron chi connectivity index (χ4n) is 2.80. The van der Waals surface area contributed by atoms with Crippen LogP contribution in [0, 0.1) is 0 Å². The maximum Gasteiger partial charge on any atom is 1.00 e. The maximum atomic E-state index is 12.5. The molecule has 3 rings (SSSR count). The first kappa shape index (κ1) is 23.0. The molecule has 148 valence electrons. The van der Waals surface area contributed by atoms with Crippen molar-refractivity contribution in [2.24, 2.45) is 5.16 Å². The van der Waals surface area contributed by atoms with Crippen molar-refractivity contribution in [2.75, 3.05) is 12.4 Å². The average molecular weight is 431 g/mol. The van der Waals surface area contributed by atoms with E-state index in [1.807, 2.05) is 0 Å². The second kappa shape index (κ2) is 9.48. The number of thioether (sulfide) groups is 1. The van der Waals surface area contributed by atoms with Gasteiger partial charge in [-0.2, -0.15) is 0 Å². The molecule has 0 saturated carbocycles. The predicted molar refractivity (Wildman–Crippen MR) is 90.7 cm³/mol. The van der Waals surface area contributed by atoms with Gasteiger partial charge >= 0.3 is 35.5 Å². The largest absolute Gasteiger partial charge is 1.00 e. The van der Waals surface area contributed by atoms with Crippen molar-refractivity contribution in [1.29, 1.82) is 0 Å². The summed E-state index contributed by atoms with van der Waals surface area (Å²) in [5.41, 5.74) is -0.575. The molecule has 1 saturated heterocycles. The average Bonchev–Trinajstić information content (AvgIpc) is 3.18. The van der Waals surface area contributed by atoms with Gasteiger partial charge in [0, 0.05) is 18.2 Å². The Kier molecular flexibility index (Phi) is 7.52. The number of oxime groups is 1. The van der Waals surface area contributed by atoms with Crippen LogP contribution in [0.4, 0.5) is 0 Å². The first-order chi connectivity index (χ1) is 13.3. The molecule has 2 N–H and O–H groups in total. The van der Waals surface area contributed by atoms with Gasteiger partial charge in [-0.25, -0.2) is 0 Å². The minimum atomic E-state index is -1.58. The van der Waals surface area contributed by atoms with Crippen molar-refractivity contribution in [2.45, 2.75) is 18.3 Å². The number of amides is 2. The van der Waals surface area contributed by atoms with E-state index in [0.29, 0.717) is 0 Å². The van der Waals surface area contributed by atoms with Crippen LogP contribution in [-0.4, -0.2) is 63.3 Å².